The van der Waals surface area contributed by atoms with Crippen LogP contribution in [0.2, 0.25) is 5.02 Å². The van der Waals surface area contributed by atoms with Gasteiger partial charge in [-0.05, 0) is 29.2 Å². The zero-order valence-electron chi connectivity index (χ0n) is 10.9. The summed E-state index contributed by atoms with van der Waals surface area (Å²) in [7, 11) is 0. The molecule has 1 aliphatic heterocycles. The van der Waals surface area contributed by atoms with Crippen molar-refractivity contribution in [3.05, 3.63) is 64.2 Å². The molecule has 2 aromatic carbocycles. The van der Waals surface area contributed by atoms with Crippen molar-refractivity contribution in [2.24, 2.45) is 5.73 Å². The number of amides is 1. The lowest BCUT2D eigenvalue weighted by molar-refractivity contribution is -0.115. The fourth-order valence-corrected chi connectivity index (χ4v) is 2.82. The molecule has 3 rings (SSSR count). The summed E-state index contributed by atoms with van der Waals surface area (Å²) in [6.07, 6.45) is 1.12. The summed E-state index contributed by atoms with van der Waals surface area (Å²) >= 11 is 6.22. The highest BCUT2D eigenvalue weighted by Crippen LogP contribution is 2.34. The molecule has 102 valence electrons. The lowest BCUT2D eigenvalue weighted by atomic mass is 9.97. The van der Waals surface area contributed by atoms with Crippen LogP contribution in [-0.4, -0.2) is 5.91 Å². The molecule has 0 spiro atoms. The van der Waals surface area contributed by atoms with Gasteiger partial charge in [-0.1, -0.05) is 48.0 Å². The highest BCUT2D eigenvalue weighted by molar-refractivity contribution is 6.34. The summed E-state index contributed by atoms with van der Waals surface area (Å²) in [5.74, 6) is -0.0179. The van der Waals surface area contributed by atoms with Crippen LogP contribution in [0.1, 0.15) is 22.7 Å². The number of carbonyl (C=O) groups excluding carboxylic acids is 1. The number of fused-ring (bicyclic) bond motifs is 1. The van der Waals surface area contributed by atoms with Crippen molar-refractivity contribution >= 4 is 23.2 Å². The van der Waals surface area contributed by atoms with Gasteiger partial charge >= 0.3 is 0 Å². The lowest BCUT2D eigenvalue weighted by Crippen LogP contribution is -2.13. The first-order valence-corrected chi connectivity index (χ1v) is 6.93. The van der Waals surface area contributed by atoms with E-state index in [9.17, 15) is 4.79 Å². The van der Waals surface area contributed by atoms with Crippen molar-refractivity contribution in [2.45, 2.75) is 18.9 Å². The second kappa shape index (κ2) is 5.27. The molecule has 0 radical (unpaired) electrons. The van der Waals surface area contributed by atoms with E-state index in [-0.39, 0.29) is 11.9 Å². The Bertz CT molecular complexity index is 655. The Morgan fingerprint density at radius 1 is 1.25 bits per heavy atom. The number of nitrogens with one attached hydrogen (secondary N) is 1. The maximum absolute atomic E-state index is 11.4. The lowest BCUT2D eigenvalue weighted by Gasteiger charge is -2.14. The first-order valence-electron chi connectivity index (χ1n) is 6.55. The topological polar surface area (TPSA) is 55.1 Å². The largest absolute Gasteiger partial charge is 0.324 e. The number of nitrogens with two attached hydrogens (primary N) is 1. The predicted molar refractivity (Wildman–Crippen MR) is 80.9 cm³/mol. The quantitative estimate of drug-likeness (QED) is 0.911. The molecular formula is C16H15ClN2O. The van der Waals surface area contributed by atoms with E-state index in [1.807, 2.05) is 30.3 Å². The van der Waals surface area contributed by atoms with Gasteiger partial charge in [0.25, 0.3) is 0 Å². The second-order valence-electron chi connectivity index (χ2n) is 5.06. The van der Waals surface area contributed by atoms with E-state index in [1.165, 1.54) is 5.56 Å². The molecule has 1 unspecified atom stereocenters. The van der Waals surface area contributed by atoms with Crippen molar-refractivity contribution in [1.29, 1.82) is 0 Å². The fraction of sp³-hybridized carbons (Fsp3) is 0.188. The molecule has 0 saturated heterocycles. The molecule has 2 aromatic rings. The average Bonchev–Trinajstić information content (AvgIpc) is 2.81. The minimum Gasteiger partial charge on any atom is -0.324 e. The van der Waals surface area contributed by atoms with Crippen LogP contribution < -0.4 is 11.1 Å². The normalized spacial score (nSPS) is 14.8. The number of anilines is 1. The Kier molecular flexibility index (Phi) is 3.47. The minimum atomic E-state index is -0.129. The Labute approximate surface area is 122 Å². The van der Waals surface area contributed by atoms with Crippen LogP contribution in [0.25, 0.3) is 0 Å². The first-order chi connectivity index (χ1) is 9.63. The van der Waals surface area contributed by atoms with Crippen LogP contribution >= 0.6 is 11.6 Å². The van der Waals surface area contributed by atoms with Crippen LogP contribution in [0.15, 0.2) is 42.5 Å². The molecule has 3 nitrogen and oxygen atoms in total. The van der Waals surface area contributed by atoms with Gasteiger partial charge in [0.15, 0.2) is 0 Å². The van der Waals surface area contributed by atoms with E-state index in [0.29, 0.717) is 11.4 Å². The number of halogens is 1. The Morgan fingerprint density at radius 3 is 2.75 bits per heavy atom. The van der Waals surface area contributed by atoms with Crippen molar-refractivity contribution in [3.63, 3.8) is 0 Å². The number of hydrogen-bond donors (Lipinski definition) is 2. The Morgan fingerprint density at radius 2 is 2.00 bits per heavy atom. The van der Waals surface area contributed by atoms with Gasteiger partial charge in [-0.3, -0.25) is 4.79 Å². The molecule has 4 heteroatoms. The predicted octanol–water partition coefficient (Wildman–Crippen LogP) is 3.08. The van der Waals surface area contributed by atoms with Gasteiger partial charge in [0, 0.05) is 6.04 Å². The van der Waals surface area contributed by atoms with Gasteiger partial charge < -0.3 is 11.1 Å². The van der Waals surface area contributed by atoms with E-state index in [4.69, 9.17) is 17.3 Å². The van der Waals surface area contributed by atoms with Gasteiger partial charge in [0.05, 0.1) is 17.1 Å². The highest BCUT2D eigenvalue weighted by atomic mass is 35.5. The molecule has 3 N–H and O–H groups in total. The van der Waals surface area contributed by atoms with Crippen molar-refractivity contribution in [2.75, 3.05) is 5.32 Å². The highest BCUT2D eigenvalue weighted by Gasteiger charge is 2.22. The summed E-state index contributed by atoms with van der Waals surface area (Å²) in [6, 6.07) is 13.8. The van der Waals surface area contributed by atoms with Crippen LogP contribution in [0.4, 0.5) is 5.69 Å². The third kappa shape index (κ3) is 2.55. The van der Waals surface area contributed by atoms with Crippen molar-refractivity contribution < 1.29 is 4.79 Å². The molecule has 1 amide bonds. The van der Waals surface area contributed by atoms with E-state index < -0.39 is 0 Å². The maximum atomic E-state index is 11.4. The summed E-state index contributed by atoms with van der Waals surface area (Å²) in [4.78, 5) is 11.4. The van der Waals surface area contributed by atoms with Crippen molar-refractivity contribution in [1.82, 2.24) is 0 Å². The third-order valence-electron chi connectivity index (χ3n) is 3.54. The van der Waals surface area contributed by atoms with E-state index in [1.54, 1.807) is 0 Å². The van der Waals surface area contributed by atoms with Gasteiger partial charge in [-0.15, -0.1) is 0 Å². The molecule has 1 atom stereocenters. The zero-order chi connectivity index (χ0) is 14.1. The molecule has 20 heavy (non-hydrogen) atoms. The van der Waals surface area contributed by atoms with E-state index >= 15 is 0 Å². The molecule has 0 fully saturated rings. The molecule has 0 bridgehead atoms. The summed E-state index contributed by atoms with van der Waals surface area (Å²) in [5.41, 5.74) is 10.1. The number of benzene rings is 2. The van der Waals surface area contributed by atoms with Crippen molar-refractivity contribution in [3.8, 4) is 0 Å². The molecule has 1 aliphatic rings. The number of carbonyl (C=O) groups is 1. The first kappa shape index (κ1) is 13.2. The average molecular weight is 287 g/mol. The van der Waals surface area contributed by atoms with Gasteiger partial charge in [0.2, 0.25) is 5.91 Å². The van der Waals surface area contributed by atoms with Crippen LogP contribution in [0.5, 0.6) is 0 Å². The fourth-order valence-electron chi connectivity index (χ4n) is 2.52. The molecular weight excluding hydrogens is 272 g/mol. The SMILES string of the molecule is NC(Cc1ccccc1)c1cc(Cl)c2c(c1)CC(=O)N2. The second-order valence-corrected chi connectivity index (χ2v) is 5.47. The minimum absolute atomic E-state index is 0.0179. The van der Waals surface area contributed by atoms with Crippen LogP contribution in [-0.2, 0) is 17.6 Å². The van der Waals surface area contributed by atoms with Crippen LogP contribution in [0.3, 0.4) is 0 Å². The monoisotopic (exact) mass is 286 g/mol. The number of rotatable bonds is 3. The van der Waals surface area contributed by atoms with E-state index in [0.717, 1.165) is 23.2 Å². The number of hydrogen-bond acceptors (Lipinski definition) is 2. The molecule has 0 aromatic heterocycles. The van der Waals surface area contributed by atoms with Crippen LogP contribution in [0, 0.1) is 0 Å². The summed E-state index contributed by atoms with van der Waals surface area (Å²) in [5, 5.41) is 3.33. The summed E-state index contributed by atoms with van der Waals surface area (Å²) in [6.45, 7) is 0. The smallest absolute Gasteiger partial charge is 0.228 e. The Hall–Kier alpha value is -1.84. The summed E-state index contributed by atoms with van der Waals surface area (Å²) < 4.78 is 0. The molecule has 0 aliphatic carbocycles. The van der Waals surface area contributed by atoms with Gasteiger partial charge in [-0.2, -0.15) is 0 Å². The third-order valence-corrected chi connectivity index (χ3v) is 3.83. The van der Waals surface area contributed by atoms with Gasteiger partial charge in [0.1, 0.15) is 0 Å². The van der Waals surface area contributed by atoms with E-state index in [2.05, 4.69) is 17.4 Å². The Balaban J connectivity index is 1.86. The molecule has 1 heterocycles. The standard InChI is InChI=1S/C16H15ClN2O/c17-13-8-11(7-12-9-15(20)19-16(12)13)14(18)6-10-4-2-1-3-5-10/h1-5,7-8,14H,6,9,18H2,(H,19,20). The maximum Gasteiger partial charge on any atom is 0.228 e. The zero-order valence-corrected chi connectivity index (χ0v) is 11.7. The van der Waals surface area contributed by atoms with Gasteiger partial charge in [-0.25, -0.2) is 0 Å². The molecule has 0 saturated carbocycles.